The van der Waals surface area contributed by atoms with Gasteiger partial charge in [-0.15, -0.1) is 17.8 Å². The third-order valence-corrected chi connectivity index (χ3v) is 9.30. The van der Waals surface area contributed by atoms with E-state index in [0.717, 1.165) is 89.2 Å². The van der Waals surface area contributed by atoms with Gasteiger partial charge < -0.3 is 29.4 Å². The molecule has 4 aromatic carbocycles. The van der Waals surface area contributed by atoms with E-state index in [1.165, 1.54) is 27.9 Å². The zero-order valence-electron chi connectivity index (χ0n) is 29.3. The van der Waals surface area contributed by atoms with E-state index in [1.807, 2.05) is 48.5 Å². The number of rotatable bonds is 11. The molecule has 0 bridgehead atoms. The van der Waals surface area contributed by atoms with Gasteiger partial charge in [-0.3, -0.25) is 0 Å². The molecule has 3 heterocycles. The Labute approximate surface area is 309 Å². The van der Waals surface area contributed by atoms with Crippen LogP contribution in [0.2, 0.25) is 0 Å². The maximum Gasteiger partial charge on any atom is 0 e. The van der Waals surface area contributed by atoms with Gasteiger partial charge in [0.05, 0.1) is 0 Å². The Morgan fingerprint density at radius 2 is 1.04 bits per heavy atom. The number of hydrogen-bond acceptors (Lipinski definition) is 6. The molecular weight excluding hydrogens is 781 g/mol. The van der Waals surface area contributed by atoms with Crippen LogP contribution in [-0.4, -0.2) is 98.0 Å². The first kappa shape index (κ1) is 37.4. The Morgan fingerprint density at radius 3 is 1.47 bits per heavy atom. The van der Waals surface area contributed by atoms with E-state index in [4.69, 9.17) is 0 Å². The standard InChI is InChI=1S/C30H42N6.C12H8.Ir/c1-31-14-17-34(23-31)12-10-28-20-27(21-29(22-28)11-13-35-18-15-32(2)24-35)5-4-26-6-8-30(9-7-26)36-19-16-33(3)25-36;1-3-7-11(8-4-1)12-9-5-2-6-10-12;/h6-8,20-25H,4-5,10-19H2,1-3H3;1-7,9H;/q-4;-2;. The molecule has 7 heteroatoms. The van der Waals surface area contributed by atoms with Crippen molar-refractivity contribution in [2.45, 2.75) is 25.7 Å². The van der Waals surface area contributed by atoms with Gasteiger partial charge in [-0.25, -0.2) is 24.5 Å². The molecule has 7 rings (SSSR count). The second-order valence-corrected chi connectivity index (χ2v) is 13.3. The van der Waals surface area contributed by atoms with Crippen LogP contribution in [0, 0.1) is 38.2 Å². The minimum atomic E-state index is 0. The summed E-state index contributed by atoms with van der Waals surface area (Å²) in [6.45, 7) is 15.6. The van der Waals surface area contributed by atoms with Crippen LogP contribution in [0.4, 0.5) is 5.69 Å². The number of likely N-dealkylation sites (N-methyl/N-ethyl adjacent to an activating group) is 3. The fraction of sp³-hybridized carbons (Fsp3) is 0.357. The first-order valence-corrected chi connectivity index (χ1v) is 17.4. The van der Waals surface area contributed by atoms with E-state index in [2.05, 4.69) is 125 Å². The fourth-order valence-corrected chi connectivity index (χ4v) is 6.51. The van der Waals surface area contributed by atoms with Crippen molar-refractivity contribution < 1.29 is 20.1 Å². The van der Waals surface area contributed by atoms with Crippen LogP contribution in [0.1, 0.15) is 22.3 Å². The van der Waals surface area contributed by atoms with Gasteiger partial charge in [0.15, 0.2) is 0 Å². The molecule has 0 aromatic heterocycles. The Kier molecular flexibility index (Phi) is 14.4. The van der Waals surface area contributed by atoms with Gasteiger partial charge in [-0.1, -0.05) is 24.6 Å². The average Bonchev–Trinajstić information content (AvgIpc) is 3.87. The monoisotopic (exact) mass is 831 g/mol. The van der Waals surface area contributed by atoms with Crippen molar-refractivity contribution in [3.8, 4) is 11.1 Å². The third-order valence-electron chi connectivity index (χ3n) is 9.30. The summed E-state index contributed by atoms with van der Waals surface area (Å²) in [4.78, 5) is 14.0. The summed E-state index contributed by atoms with van der Waals surface area (Å²) >= 11 is 0. The van der Waals surface area contributed by atoms with Gasteiger partial charge >= 0.3 is 0 Å². The van der Waals surface area contributed by atoms with Crippen molar-refractivity contribution in [3.05, 3.63) is 145 Å². The summed E-state index contributed by atoms with van der Waals surface area (Å²) in [6.07, 6.45) is 4.34. The van der Waals surface area contributed by atoms with Gasteiger partial charge in [0, 0.05) is 20.1 Å². The molecule has 4 aromatic rings. The van der Waals surface area contributed by atoms with Crippen LogP contribution in [0.25, 0.3) is 11.1 Å². The Bertz CT molecular complexity index is 1450. The molecule has 3 aliphatic rings. The summed E-state index contributed by atoms with van der Waals surface area (Å²) in [6, 6.07) is 39.7. The molecular formula is C42H50IrN6-6. The minimum absolute atomic E-state index is 0. The van der Waals surface area contributed by atoms with Gasteiger partial charge in [-0.2, -0.15) is 85.0 Å². The van der Waals surface area contributed by atoms with Crippen molar-refractivity contribution in [2.75, 3.05) is 78.4 Å². The number of nitrogens with zero attached hydrogens (tertiary/aromatic N) is 6. The van der Waals surface area contributed by atoms with Crippen molar-refractivity contribution in [2.24, 2.45) is 0 Å². The van der Waals surface area contributed by atoms with Crippen molar-refractivity contribution >= 4 is 5.69 Å². The van der Waals surface area contributed by atoms with Crippen LogP contribution in [0.5, 0.6) is 0 Å². The van der Waals surface area contributed by atoms with E-state index < -0.39 is 0 Å². The molecule has 49 heavy (non-hydrogen) atoms. The molecule has 0 unspecified atom stereocenters. The first-order valence-electron chi connectivity index (χ1n) is 17.4. The summed E-state index contributed by atoms with van der Waals surface area (Å²) in [5.74, 6) is 0. The molecule has 0 N–H and O–H groups in total. The van der Waals surface area contributed by atoms with Crippen LogP contribution in [0.3, 0.4) is 0 Å². The second kappa shape index (κ2) is 18.9. The quantitative estimate of drug-likeness (QED) is 0.174. The van der Waals surface area contributed by atoms with Gasteiger partial charge in [0.1, 0.15) is 0 Å². The maximum absolute atomic E-state index is 3.51. The minimum Gasteiger partial charge on any atom is -0.528 e. The smallest absolute Gasteiger partial charge is 0 e. The van der Waals surface area contributed by atoms with Crippen molar-refractivity contribution in [1.82, 2.24) is 24.5 Å². The van der Waals surface area contributed by atoms with E-state index in [0.29, 0.717) is 0 Å². The Hall–Kier alpha value is -2.87. The molecule has 0 saturated carbocycles. The van der Waals surface area contributed by atoms with Crippen LogP contribution in [0.15, 0.2) is 84.9 Å². The molecule has 3 fully saturated rings. The van der Waals surface area contributed by atoms with Crippen LogP contribution < -0.4 is 4.90 Å². The predicted octanol–water partition coefficient (Wildman–Crippen LogP) is 5.91. The molecule has 0 spiro atoms. The molecule has 0 aliphatic carbocycles. The largest absolute Gasteiger partial charge is 0.528 e. The molecule has 263 valence electrons. The summed E-state index contributed by atoms with van der Waals surface area (Å²) in [5, 5.41) is 0. The van der Waals surface area contributed by atoms with Crippen molar-refractivity contribution in [3.63, 3.8) is 0 Å². The van der Waals surface area contributed by atoms with Crippen LogP contribution in [-0.2, 0) is 45.8 Å². The normalized spacial score (nSPS) is 17.7. The molecule has 3 aliphatic heterocycles. The predicted molar refractivity (Wildman–Crippen MR) is 197 cm³/mol. The topological polar surface area (TPSA) is 19.4 Å². The number of aryl methyl sites for hydroxylation is 2. The number of benzene rings is 4. The molecule has 1 radical (unpaired) electrons. The maximum atomic E-state index is 3.51. The number of hydrogen-bond donors (Lipinski definition) is 0. The van der Waals surface area contributed by atoms with E-state index in [1.54, 1.807) is 0 Å². The summed E-state index contributed by atoms with van der Waals surface area (Å²) in [5.41, 5.74) is 9.14. The number of anilines is 1. The summed E-state index contributed by atoms with van der Waals surface area (Å²) < 4.78 is 0. The Balaban J connectivity index is 0.000000303. The Morgan fingerprint density at radius 1 is 0.531 bits per heavy atom. The van der Waals surface area contributed by atoms with Gasteiger partial charge in [-0.05, 0) is 109 Å². The van der Waals surface area contributed by atoms with E-state index >= 15 is 0 Å². The van der Waals surface area contributed by atoms with E-state index in [-0.39, 0.29) is 20.1 Å². The van der Waals surface area contributed by atoms with Gasteiger partial charge in [0.2, 0.25) is 0 Å². The van der Waals surface area contributed by atoms with Crippen LogP contribution >= 0.6 is 0 Å². The zero-order chi connectivity index (χ0) is 33.1. The summed E-state index contributed by atoms with van der Waals surface area (Å²) in [7, 11) is 6.45. The third kappa shape index (κ3) is 11.6. The average molecular weight is 831 g/mol. The first-order chi connectivity index (χ1) is 23.5. The molecule has 0 amide bonds. The van der Waals surface area contributed by atoms with Crippen molar-refractivity contribution in [1.29, 1.82) is 0 Å². The fourth-order valence-electron chi connectivity index (χ4n) is 6.51. The molecule has 6 nitrogen and oxygen atoms in total. The van der Waals surface area contributed by atoms with Gasteiger partial charge in [0.25, 0.3) is 0 Å². The second-order valence-electron chi connectivity index (χ2n) is 13.3. The molecule has 3 saturated heterocycles. The van der Waals surface area contributed by atoms with E-state index in [9.17, 15) is 0 Å². The SMILES string of the molecule is CN1[CH-]N(CCc2cc(CCc3c[c-]c(N4[CH-]N(C)CC4)cc3)cc(CCN3[CH-]N(C)CC3)c2)CC1.[Ir].[c-]1ccccc1-c1[c-]cccc1. The zero-order valence-corrected chi connectivity index (χ0v) is 31.7. The molecule has 0 atom stereocenters.